The number of aryl methyl sites for hydroxylation is 1. The molecule has 0 atom stereocenters. The minimum atomic E-state index is -0.0194. The normalized spacial score (nSPS) is 10.4. The molecule has 84 valence electrons. The lowest BCUT2D eigenvalue weighted by atomic mass is 10.3. The number of nitrogens with zero attached hydrogens (tertiary/aromatic N) is 2. The van der Waals surface area contributed by atoms with Crippen molar-refractivity contribution in [2.45, 2.75) is 13.5 Å². The zero-order valence-corrected chi connectivity index (χ0v) is 10.8. The van der Waals surface area contributed by atoms with Crippen LogP contribution in [0, 0.1) is 6.92 Å². The smallest absolute Gasteiger partial charge is 0.273 e. The van der Waals surface area contributed by atoms with Gasteiger partial charge in [0.2, 0.25) is 0 Å². The van der Waals surface area contributed by atoms with E-state index in [1.54, 1.807) is 34.2 Å². The summed E-state index contributed by atoms with van der Waals surface area (Å²) in [5, 5.41) is 3.83. The number of rotatable bonds is 3. The number of thiazole rings is 1. The largest absolute Gasteiger partial charge is 0.335 e. The molecule has 0 unspecified atom stereocenters. The Morgan fingerprint density at radius 3 is 2.94 bits per heavy atom. The SMILES string of the molecule is Cc1ccsc1CN(C)C(=O)c1cscn1. The first-order chi connectivity index (χ1) is 7.68. The number of hydrogen-bond donors (Lipinski definition) is 0. The molecule has 2 aromatic heterocycles. The van der Waals surface area contributed by atoms with Gasteiger partial charge in [-0.3, -0.25) is 4.79 Å². The molecule has 1 amide bonds. The number of carbonyl (C=O) groups excluding carboxylic acids is 1. The molecular formula is C11H12N2OS2. The fourth-order valence-electron chi connectivity index (χ4n) is 1.37. The molecule has 3 nitrogen and oxygen atoms in total. The summed E-state index contributed by atoms with van der Waals surface area (Å²) in [5.74, 6) is -0.0194. The summed E-state index contributed by atoms with van der Waals surface area (Å²) in [6.45, 7) is 2.72. The summed E-state index contributed by atoms with van der Waals surface area (Å²) in [5.41, 5.74) is 3.45. The molecule has 0 bridgehead atoms. The Morgan fingerprint density at radius 1 is 1.56 bits per heavy atom. The van der Waals surface area contributed by atoms with Gasteiger partial charge in [-0.2, -0.15) is 0 Å². The van der Waals surface area contributed by atoms with E-state index in [1.807, 2.05) is 5.38 Å². The second-order valence-electron chi connectivity index (χ2n) is 3.56. The van der Waals surface area contributed by atoms with E-state index >= 15 is 0 Å². The Bertz CT molecular complexity index is 476. The van der Waals surface area contributed by atoms with Gasteiger partial charge in [0.05, 0.1) is 12.1 Å². The number of amides is 1. The van der Waals surface area contributed by atoms with Crippen LogP contribution < -0.4 is 0 Å². The number of hydrogen-bond acceptors (Lipinski definition) is 4. The summed E-state index contributed by atoms with van der Waals surface area (Å²) in [6, 6.07) is 2.07. The van der Waals surface area contributed by atoms with Gasteiger partial charge in [-0.05, 0) is 23.9 Å². The Morgan fingerprint density at radius 2 is 2.38 bits per heavy atom. The summed E-state index contributed by atoms with van der Waals surface area (Å²) >= 11 is 3.12. The van der Waals surface area contributed by atoms with Crippen molar-refractivity contribution in [2.75, 3.05) is 7.05 Å². The summed E-state index contributed by atoms with van der Waals surface area (Å²) < 4.78 is 0. The lowest BCUT2D eigenvalue weighted by Crippen LogP contribution is -2.26. The van der Waals surface area contributed by atoms with Crippen LogP contribution in [0.25, 0.3) is 0 Å². The van der Waals surface area contributed by atoms with Crippen LogP contribution in [0.1, 0.15) is 20.9 Å². The molecule has 0 radical (unpaired) electrons. The predicted molar refractivity (Wildman–Crippen MR) is 67.0 cm³/mol. The van der Waals surface area contributed by atoms with Crippen molar-refractivity contribution >= 4 is 28.6 Å². The van der Waals surface area contributed by atoms with E-state index in [0.717, 1.165) is 0 Å². The van der Waals surface area contributed by atoms with E-state index in [9.17, 15) is 4.79 Å². The third kappa shape index (κ3) is 2.31. The van der Waals surface area contributed by atoms with E-state index in [-0.39, 0.29) is 5.91 Å². The summed E-state index contributed by atoms with van der Waals surface area (Å²) in [4.78, 5) is 18.9. The van der Waals surface area contributed by atoms with Crippen molar-refractivity contribution in [2.24, 2.45) is 0 Å². The predicted octanol–water partition coefficient (Wildman–Crippen LogP) is 2.79. The molecule has 2 rings (SSSR count). The topological polar surface area (TPSA) is 33.2 Å². The van der Waals surface area contributed by atoms with E-state index in [0.29, 0.717) is 12.2 Å². The van der Waals surface area contributed by atoms with Crippen LogP contribution in [0.3, 0.4) is 0 Å². The van der Waals surface area contributed by atoms with Crippen molar-refractivity contribution in [3.05, 3.63) is 38.5 Å². The van der Waals surface area contributed by atoms with E-state index in [4.69, 9.17) is 0 Å². The highest BCUT2D eigenvalue weighted by molar-refractivity contribution is 7.10. The van der Waals surface area contributed by atoms with Crippen molar-refractivity contribution in [1.29, 1.82) is 0 Å². The molecular weight excluding hydrogens is 240 g/mol. The monoisotopic (exact) mass is 252 g/mol. The Balaban J connectivity index is 2.07. The van der Waals surface area contributed by atoms with Crippen molar-refractivity contribution in [3.63, 3.8) is 0 Å². The molecule has 0 fully saturated rings. The minimum absolute atomic E-state index is 0.0194. The van der Waals surface area contributed by atoms with Gasteiger partial charge >= 0.3 is 0 Å². The van der Waals surface area contributed by atoms with E-state index in [2.05, 4.69) is 18.0 Å². The molecule has 0 saturated carbocycles. The van der Waals surface area contributed by atoms with Crippen LogP contribution >= 0.6 is 22.7 Å². The van der Waals surface area contributed by atoms with Gasteiger partial charge in [-0.15, -0.1) is 22.7 Å². The standard InChI is InChI=1S/C11H12N2OS2/c1-8-3-4-16-10(8)5-13(2)11(14)9-6-15-7-12-9/h3-4,6-7H,5H2,1-2H3. The molecule has 0 aliphatic rings. The molecule has 0 saturated heterocycles. The average Bonchev–Trinajstić information content (AvgIpc) is 2.89. The maximum absolute atomic E-state index is 11.9. The molecule has 2 heterocycles. The van der Waals surface area contributed by atoms with Gasteiger partial charge in [0, 0.05) is 17.3 Å². The van der Waals surface area contributed by atoms with Gasteiger partial charge in [0.15, 0.2) is 0 Å². The first kappa shape index (κ1) is 11.3. The van der Waals surface area contributed by atoms with Crippen LogP contribution in [-0.2, 0) is 6.54 Å². The highest BCUT2D eigenvalue weighted by Crippen LogP contribution is 2.18. The maximum Gasteiger partial charge on any atom is 0.273 e. The van der Waals surface area contributed by atoms with Crippen LogP contribution in [0.4, 0.5) is 0 Å². The second kappa shape index (κ2) is 4.76. The van der Waals surface area contributed by atoms with E-state index < -0.39 is 0 Å². The van der Waals surface area contributed by atoms with Gasteiger partial charge < -0.3 is 4.90 Å². The quantitative estimate of drug-likeness (QED) is 0.841. The zero-order valence-electron chi connectivity index (χ0n) is 9.14. The van der Waals surface area contributed by atoms with Gasteiger partial charge in [0.1, 0.15) is 5.69 Å². The molecule has 0 aliphatic carbocycles. The molecule has 0 spiro atoms. The van der Waals surface area contributed by atoms with Crippen LogP contribution in [0.2, 0.25) is 0 Å². The Kier molecular flexibility index (Phi) is 3.36. The zero-order chi connectivity index (χ0) is 11.5. The van der Waals surface area contributed by atoms with Gasteiger partial charge in [0.25, 0.3) is 5.91 Å². The summed E-state index contributed by atoms with van der Waals surface area (Å²) in [7, 11) is 1.81. The van der Waals surface area contributed by atoms with Gasteiger partial charge in [-0.1, -0.05) is 0 Å². The molecule has 0 aromatic carbocycles. The summed E-state index contributed by atoms with van der Waals surface area (Å²) in [6.07, 6.45) is 0. The number of carbonyl (C=O) groups is 1. The molecule has 16 heavy (non-hydrogen) atoms. The third-order valence-electron chi connectivity index (χ3n) is 2.35. The number of thiophene rings is 1. The number of aromatic nitrogens is 1. The van der Waals surface area contributed by atoms with Crippen LogP contribution in [0.15, 0.2) is 22.3 Å². The van der Waals surface area contributed by atoms with Crippen molar-refractivity contribution in [1.82, 2.24) is 9.88 Å². The highest BCUT2D eigenvalue weighted by atomic mass is 32.1. The van der Waals surface area contributed by atoms with Crippen LogP contribution in [0.5, 0.6) is 0 Å². The lowest BCUT2D eigenvalue weighted by Gasteiger charge is -2.15. The Hall–Kier alpha value is -1.20. The maximum atomic E-state index is 11.9. The third-order valence-corrected chi connectivity index (χ3v) is 3.94. The molecule has 0 aliphatic heterocycles. The lowest BCUT2D eigenvalue weighted by molar-refractivity contribution is 0.0781. The highest BCUT2D eigenvalue weighted by Gasteiger charge is 2.14. The van der Waals surface area contributed by atoms with Gasteiger partial charge in [-0.25, -0.2) is 4.98 Å². The first-order valence-electron chi connectivity index (χ1n) is 4.85. The van der Waals surface area contributed by atoms with Crippen molar-refractivity contribution in [3.8, 4) is 0 Å². The molecule has 0 N–H and O–H groups in total. The Labute approximate surface area is 102 Å². The second-order valence-corrected chi connectivity index (χ2v) is 5.28. The first-order valence-corrected chi connectivity index (χ1v) is 6.67. The minimum Gasteiger partial charge on any atom is -0.335 e. The fraction of sp³-hybridized carbons (Fsp3) is 0.273. The van der Waals surface area contributed by atoms with E-state index in [1.165, 1.54) is 21.8 Å². The van der Waals surface area contributed by atoms with Crippen LogP contribution in [-0.4, -0.2) is 22.8 Å². The molecule has 5 heteroatoms. The average molecular weight is 252 g/mol. The fourth-order valence-corrected chi connectivity index (χ4v) is 2.85. The molecule has 2 aromatic rings. The van der Waals surface area contributed by atoms with Crippen molar-refractivity contribution < 1.29 is 4.79 Å².